The number of halogens is 1. The second-order valence-corrected chi connectivity index (χ2v) is 8.85. The maximum absolute atomic E-state index is 12.6. The number of nitrogens with one attached hydrogen (secondary N) is 2. The molecule has 0 radical (unpaired) electrons. The van der Waals surface area contributed by atoms with Gasteiger partial charge in [0, 0.05) is 28.9 Å². The van der Waals surface area contributed by atoms with Gasteiger partial charge in [0.15, 0.2) is 0 Å². The maximum Gasteiger partial charge on any atom is 0.269 e. The third kappa shape index (κ3) is 5.93. The Hall–Kier alpha value is -3.69. The van der Waals surface area contributed by atoms with Crippen molar-refractivity contribution in [3.63, 3.8) is 0 Å². The molecule has 1 amide bonds. The maximum atomic E-state index is 12.6. The van der Waals surface area contributed by atoms with Crippen LogP contribution in [-0.2, 0) is 14.8 Å². The molecular weight excluding hydrogens is 454 g/mol. The highest BCUT2D eigenvalue weighted by molar-refractivity contribution is 7.92. The largest absolute Gasteiger partial charge is 0.323 e. The van der Waals surface area contributed by atoms with Gasteiger partial charge in [-0.15, -0.1) is 0 Å². The van der Waals surface area contributed by atoms with Gasteiger partial charge in [0.25, 0.3) is 15.7 Å². The van der Waals surface area contributed by atoms with Crippen LogP contribution in [0.25, 0.3) is 6.08 Å². The molecule has 8 nitrogen and oxygen atoms in total. The number of amides is 1. The van der Waals surface area contributed by atoms with Crippen molar-refractivity contribution in [3.8, 4) is 0 Å². The van der Waals surface area contributed by atoms with E-state index in [0.717, 1.165) is 5.56 Å². The Bertz CT molecular complexity index is 1290. The minimum atomic E-state index is -3.83. The lowest BCUT2D eigenvalue weighted by Crippen LogP contribution is -2.13. The van der Waals surface area contributed by atoms with Crippen molar-refractivity contribution in [1.82, 2.24) is 0 Å². The lowest BCUT2D eigenvalue weighted by atomic mass is 10.2. The Balaban J connectivity index is 1.63. The summed E-state index contributed by atoms with van der Waals surface area (Å²) in [7, 11) is -3.83. The minimum Gasteiger partial charge on any atom is -0.323 e. The Morgan fingerprint density at radius 2 is 1.62 bits per heavy atom. The van der Waals surface area contributed by atoms with Crippen LogP contribution in [-0.4, -0.2) is 19.2 Å². The number of non-ortho nitro benzene ring substituents is 1. The molecule has 0 saturated heterocycles. The summed E-state index contributed by atoms with van der Waals surface area (Å²) in [6, 6.07) is 16.3. The molecule has 164 valence electrons. The second kappa shape index (κ2) is 9.63. The number of nitro benzene ring substituents is 1. The van der Waals surface area contributed by atoms with Crippen molar-refractivity contribution in [3.05, 3.63) is 99.1 Å². The molecule has 32 heavy (non-hydrogen) atoms. The first-order valence-electron chi connectivity index (χ1n) is 9.26. The first-order chi connectivity index (χ1) is 15.1. The predicted molar refractivity (Wildman–Crippen MR) is 124 cm³/mol. The van der Waals surface area contributed by atoms with Gasteiger partial charge in [-0.2, -0.15) is 0 Å². The lowest BCUT2D eigenvalue weighted by Gasteiger charge is -2.10. The number of benzene rings is 3. The predicted octanol–water partition coefficient (Wildman–Crippen LogP) is 5.01. The Kier molecular flexibility index (Phi) is 6.92. The van der Waals surface area contributed by atoms with Crippen LogP contribution < -0.4 is 10.0 Å². The van der Waals surface area contributed by atoms with Crippen LogP contribution in [0.5, 0.6) is 0 Å². The fourth-order valence-electron chi connectivity index (χ4n) is 2.65. The van der Waals surface area contributed by atoms with Gasteiger partial charge < -0.3 is 5.32 Å². The van der Waals surface area contributed by atoms with Gasteiger partial charge in [-0.05, 0) is 72.7 Å². The van der Waals surface area contributed by atoms with Crippen molar-refractivity contribution in [1.29, 1.82) is 0 Å². The van der Waals surface area contributed by atoms with Crippen LogP contribution in [0.15, 0.2) is 77.7 Å². The molecule has 0 aliphatic carbocycles. The molecule has 3 rings (SSSR count). The second-order valence-electron chi connectivity index (χ2n) is 6.77. The smallest absolute Gasteiger partial charge is 0.269 e. The summed E-state index contributed by atoms with van der Waals surface area (Å²) in [6.07, 6.45) is 2.78. The molecule has 0 bridgehead atoms. The van der Waals surface area contributed by atoms with E-state index in [1.165, 1.54) is 66.7 Å². The molecule has 0 fully saturated rings. The van der Waals surface area contributed by atoms with E-state index in [4.69, 9.17) is 11.6 Å². The van der Waals surface area contributed by atoms with Gasteiger partial charge >= 0.3 is 0 Å². The number of carbonyl (C=O) groups is 1. The van der Waals surface area contributed by atoms with Gasteiger partial charge in [-0.3, -0.25) is 19.6 Å². The molecule has 0 unspecified atom stereocenters. The molecular formula is C22H18ClN3O5S. The summed E-state index contributed by atoms with van der Waals surface area (Å²) < 4.78 is 27.6. The molecule has 0 saturated carbocycles. The van der Waals surface area contributed by atoms with Crippen molar-refractivity contribution in [2.45, 2.75) is 11.8 Å². The van der Waals surface area contributed by atoms with Gasteiger partial charge in [0.2, 0.25) is 5.91 Å². The number of rotatable bonds is 7. The number of anilines is 2. The van der Waals surface area contributed by atoms with Crippen LogP contribution >= 0.6 is 11.6 Å². The molecule has 0 atom stereocenters. The van der Waals surface area contributed by atoms with E-state index in [9.17, 15) is 23.3 Å². The first kappa shape index (κ1) is 23.0. The van der Waals surface area contributed by atoms with Crippen LogP contribution in [0.4, 0.5) is 17.1 Å². The van der Waals surface area contributed by atoms with Gasteiger partial charge in [0.05, 0.1) is 15.5 Å². The molecule has 10 heteroatoms. The summed E-state index contributed by atoms with van der Waals surface area (Å²) >= 11 is 6.03. The molecule has 0 spiro atoms. The van der Waals surface area contributed by atoms with Gasteiger partial charge in [0.1, 0.15) is 0 Å². The highest BCUT2D eigenvalue weighted by Gasteiger charge is 2.15. The highest BCUT2D eigenvalue weighted by Crippen LogP contribution is 2.23. The van der Waals surface area contributed by atoms with Crippen LogP contribution in [0.3, 0.4) is 0 Å². The summed E-state index contributed by atoms with van der Waals surface area (Å²) in [5.74, 6) is -0.439. The SMILES string of the molecule is Cc1ccc(NS(=O)(=O)c2ccc(NC(=O)/C=C/c3ccc([N+](=O)[O-])cc3)cc2)cc1Cl. The Morgan fingerprint density at radius 3 is 2.22 bits per heavy atom. The van der Waals surface area contributed by atoms with E-state index >= 15 is 0 Å². The number of hydrogen-bond acceptors (Lipinski definition) is 5. The number of sulfonamides is 1. The van der Waals surface area contributed by atoms with E-state index < -0.39 is 20.9 Å². The zero-order valence-corrected chi connectivity index (χ0v) is 18.4. The van der Waals surface area contributed by atoms with E-state index in [0.29, 0.717) is 22.0 Å². The Morgan fingerprint density at radius 1 is 1.00 bits per heavy atom. The number of aryl methyl sites for hydroxylation is 1. The van der Waals surface area contributed by atoms with Crippen molar-refractivity contribution in [2.24, 2.45) is 0 Å². The monoisotopic (exact) mass is 471 g/mol. The number of nitro groups is 1. The van der Waals surface area contributed by atoms with E-state index in [2.05, 4.69) is 10.0 Å². The molecule has 2 N–H and O–H groups in total. The zero-order valence-electron chi connectivity index (χ0n) is 16.8. The van der Waals surface area contributed by atoms with Crippen molar-refractivity contribution >= 4 is 50.7 Å². The van der Waals surface area contributed by atoms with E-state index in [1.54, 1.807) is 12.1 Å². The first-order valence-corrected chi connectivity index (χ1v) is 11.1. The molecule has 0 aliphatic heterocycles. The summed E-state index contributed by atoms with van der Waals surface area (Å²) in [6.45, 7) is 1.81. The van der Waals surface area contributed by atoms with Gasteiger partial charge in [-0.1, -0.05) is 17.7 Å². The number of nitrogens with zero attached hydrogens (tertiary/aromatic N) is 1. The average molecular weight is 472 g/mol. The Labute approximate surface area is 189 Å². The summed E-state index contributed by atoms with van der Waals surface area (Å²) in [5.41, 5.74) is 2.16. The molecule has 0 aliphatic rings. The van der Waals surface area contributed by atoms with Gasteiger partial charge in [-0.25, -0.2) is 8.42 Å². The van der Waals surface area contributed by atoms with Crippen molar-refractivity contribution < 1.29 is 18.1 Å². The van der Waals surface area contributed by atoms with Crippen LogP contribution in [0.2, 0.25) is 5.02 Å². The molecule has 0 aromatic heterocycles. The fourth-order valence-corrected chi connectivity index (χ4v) is 3.88. The topological polar surface area (TPSA) is 118 Å². The standard InChI is InChI=1S/C22H18ClN3O5S/c1-15-2-6-18(14-21(15)23)25-32(30,31)20-11-7-17(8-12-20)24-22(27)13-5-16-3-9-19(10-4-16)26(28)29/h2-14,25H,1H3,(H,24,27)/b13-5+. The highest BCUT2D eigenvalue weighted by atomic mass is 35.5. The quantitative estimate of drug-likeness (QED) is 0.285. The molecule has 3 aromatic rings. The van der Waals surface area contributed by atoms with Crippen molar-refractivity contribution in [2.75, 3.05) is 10.0 Å². The lowest BCUT2D eigenvalue weighted by molar-refractivity contribution is -0.384. The zero-order chi connectivity index (χ0) is 23.3. The number of carbonyl (C=O) groups excluding carboxylic acids is 1. The third-order valence-electron chi connectivity index (χ3n) is 4.39. The minimum absolute atomic E-state index is 0.0219. The van der Waals surface area contributed by atoms with Crippen LogP contribution in [0.1, 0.15) is 11.1 Å². The normalized spacial score (nSPS) is 11.3. The number of hydrogen-bond donors (Lipinski definition) is 2. The summed E-state index contributed by atoms with van der Waals surface area (Å²) in [4.78, 5) is 22.3. The van der Waals surface area contributed by atoms with E-state index in [-0.39, 0.29) is 10.6 Å². The summed E-state index contributed by atoms with van der Waals surface area (Å²) in [5, 5.41) is 13.7. The van der Waals surface area contributed by atoms with E-state index in [1.807, 2.05) is 6.92 Å². The fraction of sp³-hybridized carbons (Fsp3) is 0.0455. The molecule has 0 heterocycles. The third-order valence-corrected chi connectivity index (χ3v) is 6.19. The molecule has 3 aromatic carbocycles. The average Bonchev–Trinajstić information content (AvgIpc) is 2.75. The van der Waals surface area contributed by atoms with Crippen LogP contribution in [0, 0.1) is 17.0 Å².